The number of ether oxygens (including phenoxy) is 1. The molecule has 4 heteroatoms. The molecule has 0 saturated heterocycles. The van der Waals surface area contributed by atoms with Crippen LogP contribution in [0.3, 0.4) is 0 Å². The highest BCUT2D eigenvalue weighted by molar-refractivity contribution is 5.95. The summed E-state index contributed by atoms with van der Waals surface area (Å²) in [7, 11) is 0. The van der Waals surface area contributed by atoms with Crippen molar-refractivity contribution in [1.29, 1.82) is 0 Å². The SMILES string of the molecule is Cc1cc(-c2c(C(C)C)c[n+]([O-])c3cc(OCc4ccccc4)ccc23)ccc1F. The molecule has 1 heterocycles. The highest BCUT2D eigenvalue weighted by Crippen LogP contribution is 2.36. The van der Waals surface area contributed by atoms with E-state index in [1.165, 1.54) is 6.07 Å². The van der Waals surface area contributed by atoms with E-state index < -0.39 is 0 Å². The van der Waals surface area contributed by atoms with E-state index in [1.807, 2.05) is 48.5 Å². The van der Waals surface area contributed by atoms with Gasteiger partial charge in [-0.3, -0.25) is 0 Å². The number of aromatic nitrogens is 1. The van der Waals surface area contributed by atoms with E-state index in [0.717, 1.165) is 32.4 Å². The molecule has 0 bridgehead atoms. The van der Waals surface area contributed by atoms with Crippen molar-refractivity contribution in [3.8, 4) is 16.9 Å². The molecule has 0 fully saturated rings. The van der Waals surface area contributed by atoms with Crippen LogP contribution in [-0.2, 0) is 6.61 Å². The molecule has 152 valence electrons. The molecule has 0 saturated carbocycles. The van der Waals surface area contributed by atoms with Gasteiger partial charge in [-0.1, -0.05) is 50.2 Å². The Bertz CT molecular complexity index is 1200. The van der Waals surface area contributed by atoms with Gasteiger partial charge in [-0.2, -0.15) is 4.73 Å². The van der Waals surface area contributed by atoms with Gasteiger partial charge in [-0.25, -0.2) is 4.39 Å². The van der Waals surface area contributed by atoms with Crippen LogP contribution >= 0.6 is 0 Å². The second-order valence-corrected chi connectivity index (χ2v) is 7.86. The molecular formula is C26H24FNO2. The molecule has 0 N–H and O–H groups in total. The van der Waals surface area contributed by atoms with E-state index in [-0.39, 0.29) is 11.7 Å². The van der Waals surface area contributed by atoms with Gasteiger partial charge in [0, 0.05) is 11.1 Å². The normalized spacial score (nSPS) is 11.2. The Hall–Kier alpha value is -3.40. The number of hydrogen-bond donors (Lipinski definition) is 0. The Morgan fingerprint density at radius 3 is 2.47 bits per heavy atom. The van der Waals surface area contributed by atoms with E-state index in [2.05, 4.69) is 13.8 Å². The van der Waals surface area contributed by atoms with Crippen molar-refractivity contribution in [2.24, 2.45) is 0 Å². The summed E-state index contributed by atoms with van der Waals surface area (Å²) >= 11 is 0. The van der Waals surface area contributed by atoms with Crippen molar-refractivity contribution in [3.63, 3.8) is 0 Å². The lowest BCUT2D eigenvalue weighted by Gasteiger charge is -2.17. The van der Waals surface area contributed by atoms with Crippen LogP contribution in [0.2, 0.25) is 0 Å². The summed E-state index contributed by atoms with van der Waals surface area (Å²) in [5.74, 6) is 0.541. The number of benzene rings is 3. The number of aryl methyl sites for hydroxylation is 1. The number of rotatable bonds is 5. The summed E-state index contributed by atoms with van der Waals surface area (Å²) in [6, 6.07) is 20.6. The van der Waals surface area contributed by atoms with Crippen molar-refractivity contribution in [1.82, 2.24) is 0 Å². The Labute approximate surface area is 176 Å². The van der Waals surface area contributed by atoms with Crippen molar-refractivity contribution < 1.29 is 13.9 Å². The number of nitrogens with zero attached hydrogens (tertiary/aromatic N) is 1. The van der Waals surface area contributed by atoms with Gasteiger partial charge in [-0.05, 0) is 53.8 Å². The van der Waals surface area contributed by atoms with E-state index in [1.54, 1.807) is 25.3 Å². The molecule has 3 nitrogen and oxygen atoms in total. The van der Waals surface area contributed by atoms with Gasteiger partial charge >= 0.3 is 0 Å². The number of halogens is 1. The van der Waals surface area contributed by atoms with Crippen LogP contribution in [0.15, 0.2) is 72.9 Å². The van der Waals surface area contributed by atoms with Crippen molar-refractivity contribution in [2.45, 2.75) is 33.3 Å². The Balaban J connectivity index is 1.82. The minimum Gasteiger partial charge on any atom is -0.618 e. The minimum absolute atomic E-state index is 0.143. The van der Waals surface area contributed by atoms with E-state index in [9.17, 15) is 9.60 Å². The van der Waals surface area contributed by atoms with E-state index >= 15 is 0 Å². The molecule has 0 atom stereocenters. The first-order valence-electron chi connectivity index (χ1n) is 10.1. The Kier molecular flexibility index (Phi) is 5.40. The zero-order valence-corrected chi connectivity index (χ0v) is 17.4. The third-order valence-corrected chi connectivity index (χ3v) is 5.34. The maximum absolute atomic E-state index is 13.9. The van der Waals surface area contributed by atoms with Crippen molar-refractivity contribution >= 4 is 10.9 Å². The molecule has 4 rings (SSSR count). The summed E-state index contributed by atoms with van der Waals surface area (Å²) in [5.41, 5.74) is 4.97. The summed E-state index contributed by atoms with van der Waals surface area (Å²) < 4.78 is 20.7. The molecule has 0 aliphatic heterocycles. The highest BCUT2D eigenvalue weighted by atomic mass is 19.1. The molecule has 0 spiro atoms. The molecule has 0 unspecified atom stereocenters. The van der Waals surface area contributed by atoms with Crippen LogP contribution in [0.4, 0.5) is 4.39 Å². The lowest BCUT2D eigenvalue weighted by Crippen LogP contribution is -2.28. The average Bonchev–Trinajstić information content (AvgIpc) is 2.75. The fourth-order valence-electron chi connectivity index (χ4n) is 3.71. The quantitative estimate of drug-likeness (QED) is 0.291. The molecule has 0 aliphatic rings. The first-order chi connectivity index (χ1) is 14.4. The third-order valence-electron chi connectivity index (χ3n) is 5.34. The van der Waals surface area contributed by atoms with Crippen LogP contribution in [0, 0.1) is 17.9 Å². The van der Waals surface area contributed by atoms with Gasteiger partial charge in [-0.15, -0.1) is 0 Å². The monoisotopic (exact) mass is 401 g/mol. The average molecular weight is 401 g/mol. The predicted molar refractivity (Wildman–Crippen MR) is 118 cm³/mol. The maximum Gasteiger partial charge on any atom is 0.228 e. The summed E-state index contributed by atoms with van der Waals surface area (Å²) in [4.78, 5) is 0. The molecule has 3 aromatic carbocycles. The number of hydrogen-bond acceptors (Lipinski definition) is 2. The minimum atomic E-state index is -0.236. The Morgan fingerprint density at radius 2 is 1.77 bits per heavy atom. The lowest BCUT2D eigenvalue weighted by molar-refractivity contribution is -0.577. The zero-order chi connectivity index (χ0) is 21.3. The second-order valence-electron chi connectivity index (χ2n) is 7.86. The zero-order valence-electron chi connectivity index (χ0n) is 17.4. The van der Waals surface area contributed by atoms with Crippen LogP contribution in [-0.4, -0.2) is 0 Å². The largest absolute Gasteiger partial charge is 0.618 e. The van der Waals surface area contributed by atoms with E-state index in [4.69, 9.17) is 4.74 Å². The molecule has 0 aliphatic carbocycles. The van der Waals surface area contributed by atoms with E-state index in [0.29, 0.717) is 23.4 Å². The molecule has 30 heavy (non-hydrogen) atoms. The first-order valence-corrected chi connectivity index (χ1v) is 10.1. The summed E-state index contributed by atoms with van der Waals surface area (Å²) in [6.45, 7) is 6.29. The van der Waals surface area contributed by atoms with Gasteiger partial charge in [0.1, 0.15) is 18.2 Å². The lowest BCUT2D eigenvalue weighted by atomic mass is 9.90. The van der Waals surface area contributed by atoms with Crippen molar-refractivity contribution in [3.05, 3.63) is 101 Å². The number of fused-ring (bicyclic) bond motifs is 1. The molecule has 4 aromatic rings. The smallest absolute Gasteiger partial charge is 0.228 e. The summed E-state index contributed by atoms with van der Waals surface area (Å²) in [5, 5.41) is 13.7. The van der Waals surface area contributed by atoms with Gasteiger partial charge in [0.2, 0.25) is 5.52 Å². The Morgan fingerprint density at radius 1 is 1.00 bits per heavy atom. The van der Waals surface area contributed by atoms with Gasteiger partial charge in [0.05, 0.1) is 11.5 Å². The highest BCUT2D eigenvalue weighted by Gasteiger charge is 2.20. The topological polar surface area (TPSA) is 36.2 Å². The first kappa shape index (κ1) is 19.9. The fraction of sp³-hybridized carbons (Fsp3) is 0.192. The van der Waals surface area contributed by atoms with Crippen LogP contribution in [0.5, 0.6) is 5.75 Å². The van der Waals surface area contributed by atoms with Gasteiger partial charge in [0.25, 0.3) is 0 Å². The molecular weight excluding hydrogens is 377 g/mol. The summed E-state index contributed by atoms with van der Waals surface area (Å²) in [6.07, 6.45) is 1.63. The molecule has 0 amide bonds. The van der Waals surface area contributed by atoms with Gasteiger partial charge < -0.3 is 9.94 Å². The van der Waals surface area contributed by atoms with Crippen molar-refractivity contribution in [2.75, 3.05) is 0 Å². The maximum atomic E-state index is 13.9. The third kappa shape index (κ3) is 3.86. The van der Waals surface area contributed by atoms with Crippen LogP contribution in [0.25, 0.3) is 22.0 Å². The predicted octanol–water partition coefficient (Wildman–Crippen LogP) is 6.29. The second kappa shape index (κ2) is 8.15. The van der Waals surface area contributed by atoms with Crippen LogP contribution in [0.1, 0.15) is 36.5 Å². The standard InChI is InChI=1S/C26H24FNO2/c1-17(2)23-15-28(29)25-14-21(30-16-19-7-5-4-6-8-19)10-11-22(25)26(23)20-9-12-24(27)18(3)13-20/h4-15,17H,16H2,1-3H3. The number of pyridine rings is 1. The molecule has 0 radical (unpaired) electrons. The van der Waals surface area contributed by atoms with Gasteiger partial charge in [0.15, 0.2) is 6.20 Å². The fourth-order valence-corrected chi connectivity index (χ4v) is 3.71. The van der Waals surface area contributed by atoms with Crippen LogP contribution < -0.4 is 9.47 Å². The molecule has 1 aromatic heterocycles.